The topological polar surface area (TPSA) is 101 Å². The first-order valence-corrected chi connectivity index (χ1v) is 10.6. The van der Waals surface area contributed by atoms with Crippen molar-refractivity contribution in [1.82, 2.24) is 19.8 Å². The van der Waals surface area contributed by atoms with Gasteiger partial charge in [-0.1, -0.05) is 12.1 Å². The first kappa shape index (κ1) is 19.9. The fraction of sp³-hybridized carbons (Fsp3) is 0.0769. The van der Waals surface area contributed by atoms with Gasteiger partial charge in [0, 0.05) is 57.8 Å². The van der Waals surface area contributed by atoms with E-state index in [9.17, 15) is 19.2 Å². The van der Waals surface area contributed by atoms with E-state index in [0.29, 0.717) is 33.0 Å². The van der Waals surface area contributed by atoms with Gasteiger partial charge in [-0.3, -0.25) is 38.9 Å². The molecule has 34 heavy (non-hydrogen) atoms. The van der Waals surface area contributed by atoms with Crippen LogP contribution < -0.4 is 0 Å². The van der Waals surface area contributed by atoms with Crippen LogP contribution in [0.1, 0.15) is 52.6 Å². The predicted molar refractivity (Wildman–Crippen MR) is 121 cm³/mol. The van der Waals surface area contributed by atoms with Crippen molar-refractivity contribution in [2.75, 3.05) is 0 Å². The minimum atomic E-state index is -0.470. The van der Waals surface area contributed by atoms with Crippen LogP contribution in [0.5, 0.6) is 0 Å². The number of amides is 4. The predicted octanol–water partition coefficient (Wildman–Crippen LogP) is 3.22. The van der Waals surface area contributed by atoms with Gasteiger partial charge in [0.05, 0.1) is 13.1 Å². The van der Waals surface area contributed by atoms with Gasteiger partial charge in [-0.2, -0.15) is 0 Å². The monoisotopic (exact) mass is 448 g/mol. The van der Waals surface area contributed by atoms with Crippen LogP contribution in [0.2, 0.25) is 0 Å². The molecule has 0 N–H and O–H groups in total. The van der Waals surface area contributed by atoms with Gasteiger partial charge < -0.3 is 0 Å². The molecule has 8 heteroatoms. The Morgan fingerprint density at radius 3 is 1.18 bits per heavy atom. The third kappa shape index (κ3) is 2.85. The molecule has 4 amide bonds. The normalized spacial score (nSPS) is 14.8. The molecule has 0 aliphatic carbocycles. The molecular weight excluding hydrogens is 432 g/mol. The van der Waals surface area contributed by atoms with Gasteiger partial charge in [-0.25, -0.2) is 0 Å². The summed E-state index contributed by atoms with van der Waals surface area (Å²) in [5, 5.41) is 0.713. The van der Waals surface area contributed by atoms with Gasteiger partial charge in [0.1, 0.15) is 0 Å². The number of carbonyl (C=O) groups excluding carboxylic acids is 4. The van der Waals surface area contributed by atoms with E-state index in [-0.39, 0.29) is 13.1 Å². The lowest BCUT2D eigenvalue weighted by Crippen LogP contribution is -2.42. The second kappa shape index (κ2) is 7.41. The van der Waals surface area contributed by atoms with Crippen LogP contribution >= 0.6 is 0 Å². The lowest BCUT2D eigenvalue weighted by molar-refractivity contribution is 0.0577. The summed E-state index contributed by atoms with van der Waals surface area (Å²) in [6.45, 7) is 0.152. The highest BCUT2D eigenvalue weighted by molar-refractivity contribution is 6.33. The van der Waals surface area contributed by atoms with Gasteiger partial charge in [-0.05, 0) is 47.5 Å². The molecule has 4 heterocycles. The van der Waals surface area contributed by atoms with Crippen LogP contribution in [0.4, 0.5) is 0 Å². The number of imide groups is 2. The Bertz CT molecular complexity index is 1350. The highest BCUT2D eigenvalue weighted by atomic mass is 16.2. The summed E-state index contributed by atoms with van der Waals surface area (Å²) in [5.41, 5.74) is 2.60. The molecule has 6 rings (SSSR count). The quantitative estimate of drug-likeness (QED) is 0.445. The first-order chi connectivity index (χ1) is 16.5. The van der Waals surface area contributed by atoms with E-state index in [1.54, 1.807) is 73.3 Å². The van der Waals surface area contributed by atoms with Crippen LogP contribution in [0.15, 0.2) is 73.3 Å². The van der Waals surface area contributed by atoms with E-state index in [4.69, 9.17) is 0 Å². The lowest BCUT2D eigenvalue weighted by Gasteiger charge is -2.32. The molecule has 0 unspecified atom stereocenters. The van der Waals surface area contributed by atoms with Crippen LogP contribution in [0.25, 0.3) is 10.8 Å². The number of hydrogen-bond acceptors (Lipinski definition) is 6. The molecule has 2 aromatic carbocycles. The van der Waals surface area contributed by atoms with Gasteiger partial charge >= 0.3 is 0 Å². The number of pyridine rings is 2. The molecule has 8 nitrogen and oxygen atoms in total. The summed E-state index contributed by atoms with van der Waals surface area (Å²) >= 11 is 0. The van der Waals surface area contributed by atoms with Gasteiger partial charge in [0.15, 0.2) is 0 Å². The maximum atomic E-state index is 13.3. The first-order valence-electron chi connectivity index (χ1n) is 10.6. The maximum absolute atomic E-state index is 13.3. The zero-order chi connectivity index (χ0) is 23.4. The maximum Gasteiger partial charge on any atom is 0.261 e. The third-order valence-corrected chi connectivity index (χ3v) is 6.19. The van der Waals surface area contributed by atoms with E-state index in [1.165, 1.54) is 0 Å². The van der Waals surface area contributed by atoms with E-state index in [0.717, 1.165) is 20.9 Å². The zero-order valence-electron chi connectivity index (χ0n) is 17.8. The molecule has 0 spiro atoms. The Hall–Kier alpha value is -4.72. The van der Waals surface area contributed by atoms with E-state index >= 15 is 0 Å². The smallest absolute Gasteiger partial charge is 0.261 e. The molecule has 0 atom stereocenters. The standard InChI is InChI=1S/C26H16N4O4/c31-23-17-5-7-19-22-20(26(34)30(25(19)33)14-16-4-2-10-28-12-16)8-6-18(21(17)22)24(32)29(23)13-15-3-1-9-27-11-15/h1-12H,13-14H2. The summed E-state index contributed by atoms with van der Waals surface area (Å²) in [7, 11) is 0. The number of hydrogen-bond donors (Lipinski definition) is 0. The summed E-state index contributed by atoms with van der Waals surface area (Å²) in [5.74, 6) is -1.88. The van der Waals surface area contributed by atoms with Crippen molar-refractivity contribution in [3.8, 4) is 0 Å². The molecule has 4 aromatic rings. The molecule has 0 bridgehead atoms. The van der Waals surface area contributed by atoms with Crippen LogP contribution in [-0.4, -0.2) is 43.4 Å². The average molecular weight is 448 g/mol. The average Bonchev–Trinajstić information content (AvgIpc) is 2.87. The van der Waals surface area contributed by atoms with Crippen LogP contribution in [0, 0.1) is 0 Å². The summed E-state index contributed by atoms with van der Waals surface area (Å²) in [4.78, 5) is 63.7. The molecule has 2 aliphatic heterocycles. The molecule has 2 aliphatic rings. The van der Waals surface area contributed by atoms with Gasteiger partial charge in [0.2, 0.25) is 0 Å². The molecule has 2 aromatic heterocycles. The number of carbonyl (C=O) groups is 4. The Labute approximate surface area is 193 Å². The summed E-state index contributed by atoms with van der Waals surface area (Å²) in [6, 6.07) is 13.3. The lowest BCUT2D eigenvalue weighted by atomic mass is 9.85. The molecule has 0 saturated heterocycles. The van der Waals surface area contributed by atoms with E-state index < -0.39 is 23.6 Å². The van der Waals surface area contributed by atoms with Crippen molar-refractivity contribution >= 4 is 34.4 Å². The van der Waals surface area contributed by atoms with Gasteiger partial charge in [0.25, 0.3) is 23.6 Å². The van der Waals surface area contributed by atoms with Gasteiger partial charge in [-0.15, -0.1) is 0 Å². The van der Waals surface area contributed by atoms with Crippen molar-refractivity contribution < 1.29 is 19.2 Å². The second-order valence-corrected chi connectivity index (χ2v) is 8.19. The number of nitrogens with zero attached hydrogens (tertiary/aromatic N) is 4. The minimum absolute atomic E-state index is 0.0761. The number of rotatable bonds is 4. The number of aromatic nitrogens is 2. The zero-order valence-corrected chi connectivity index (χ0v) is 17.8. The Balaban J connectivity index is 1.46. The minimum Gasteiger partial charge on any atom is -0.270 e. The highest BCUT2D eigenvalue weighted by Crippen LogP contribution is 2.38. The number of benzene rings is 2. The SMILES string of the molecule is O=C1c2ccc3c4c(ccc(c24)C(=O)N1Cc1cccnc1)C(=O)N(Cc1cccnc1)C3=O. The Morgan fingerprint density at radius 1 is 0.529 bits per heavy atom. The highest BCUT2D eigenvalue weighted by Gasteiger charge is 2.39. The van der Waals surface area contributed by atoms with Crippen molar-refractivity contribution in [2.45, 2.75) is 13.1 Å². The van der Waals surface area contributed by atoms with Crippen molar-refractivity contribution in [3.05, 3.63) is 107 Å². The fourth-order valence-electron chi connectivity index (χ4n) is 4.61. The van der Waals surface area contributed by atoms with Crippen molar-refractivity contribution in [1.29, 1.82) is 0 Å². The Kier molecular flexibility index (Phi) is 4.35. The molecule has 0 radical (unpaired) electrons. The van der Waals surface area contributed by atoms with Crippen molar-refractivity contribution in [2.24, 2.45) is 0 Å². The molecular formula is C26H16N4O4. The second-order valence-electron chi connectivity index (χ2n) is 8.19. The van der Waals surface area contributed by atoms with E-state index in [1.807, 2.05) is 0 Å². The molecule has 164 valence electrons. The molecule has 0 saturated carbocycles. The fourth-order valence-corrected chi connectivity index (χ4v) is 4.61. The van der Waals surface area contributed by atoms with E-state index in [2.05, 4.69) is 9.97 Å². The molecule has 0 fully saturated rings. The third-order valence-electron chi connectivity index (χ3n) is 6.19. The summed E-state index contributed by atoms with van der Waals surface area (Å²) < 4.78 is 0. The van der Waals surface area contributed by atoms with Crippen LogP contribution in [0.3, 0.4) is 0 Å². The largest absolute Gasteiger partial charge is 0.270 e. The van der Waals surface area contributed by atoms with Crippen LogP contribution in [-0.2, 0) is 13.1 Å². The summed E-state index contributed by atoms with van der Waals surface area (Å²) in [6.07, 6.45) is 6.44. The Morgan fingerprint density at radius 2 is 0.882 bits per heavy atom. The van der Waals surface area contributed by atoms with Crippen molar-refractivity contribution in [3.63, 3.8) is 0 Å².